The Balaban J connectivity index is 2.20. The number of thioether (sulfide) groups is 1. The summed E-state index contributed by atoms with van der Waals surface area (Å²) in [6.45, 7) is 0.976. The second kappa shape index (κ2) is 7.09. The van der Waals surface area contributed by atoms with Crippen molar-refractivity contribution < 1.29 is 9.53 Å². The summed E-state index contributed by atoms with van der Waals surface area (Å²) < 4.78 is 4.96. The van der Waals surface area contributed by atoms with Crippen molar-refractivity contribution in [3.8, 4) is 0 Å². The lowest BCUT2D eigenvalue weighted by molar-refractivity contribution is -0.130. The van der Waals surface area contributed by atoms with Gasteiger partial charge in [-0.25, -0.2) is 0 Å². The third kappa shape index (κ3) is 4.40. The number of nitrogens with one attached hydrogen (secondary N) is 1. The molecule has 0 spiro atoms. The molecule has 4 nitrogen and oxygen atoms in total. The van der Waals surface area contributed by atoms with Crippen molar-refractivity contribution in [2.24, 2.45) is 5.73 Å². The zero-order chi connectivity index (χ0) is 11.1. The van der Waals surface area contributed by atoms with Gasteiger partial charge in [0.25, 0.3) is 0 Å². The lowest BCUT2D eigenvalue weighted by Gasteiger charge is -2.22. The zero-order valence-corrected chi connectivity index (χ0v) is 10.0. The maximum absolute atomic E-state index is 11.5. The maximum Gasteiger partial charge on any atom is 0.250 e. The number of hydrogen-bond acceptors (Lipinski definition) is 4. The van der Waals surface area contributed by atoms with Gasteiger partial charge in [-0.1, -0.05) is 6.42 Å². The Labute approximate surface area is 95.3 Å². The van der Waals surface area contributed by atoms with E-state index in [4.69, 9.17) is 10.5 Å². The number of rotatable bonds is 5. The van der Waals surface area contributed by atoms with Gasteiger partial charge in [0.05, 0.1) is 0 Å². The third-order valence-electron chi connectivity index (χ3n) is 2.57. The van der Waals surface area contributed by atoms with Crippen LogP contribution in [0.1, 0.15) is 19.3 Å². The van der Waals surface area contributed by atoms with Gasteiger partial charge < -0.3 is 15.8 Å². The number of amides is 1. The number of hydrogen-bond donors (Lipinski definition) is 2. The Hall–Kier alpha value is -0.260. The summed E-state index contributed by atoms with van der Waals surface area (Å²) in [4.78, 5) is 11.5. The first-order chi connectivity index (χ1) is 7.27. The average Bonchev–Trinajstić information content (AvgIpc) is 2.29. The van der Waals surface area contributed by atoms with Crippen molar-refractivity contribution in [1.29, 1.82) is 0 Å². The largest absolute Gasteiger partial charge is 0.370 e. The molecule has 0 aromatic carbocycles. The van der Waals surface area contributed by atoms with Crippen LogP contribution in [0.2, 0.25) is 0 Å². The average molecular weight is 232 g/mol. The normalized spacial score (nSPS) is 23.5. The molecule has 1 rings (SSSR count). The van der Waals surface area contributed by atoms with Gasteiger partial charge in [0.15, 0.2) is 0 Å². The Kier molecular flexibility index (Phi) is 6.05. The van der Waals surface area contributed by atoms with Crippen LogP contribution in [-0.2, 0) is 9.53 Å². The van der Waals surface area contributed by atoms with E-state index in [0.29, 0.717) is 5.25 Å². The van der Waals surface area contributed by atoms with Crippen LogP contribution < -0.4 is 11.1 Å². The van der Waals surface area contributed by atoms with Crippen LogP contribution >= 0.6 is 11.8 Å². The molecule has 2 atom stereocenters. The van der Waals surface area contributed by atoms with Gasteiger partial charge >= 0.3 is 0 Å². The van der Waals surface area contributed by atoms with E-state index >= 15 is 0 Å². The third-order valence-corrected chi connectivity index (χ3v) is 3.97. The highest BCUT2D eigenvalue weighted by Gasteiger charge is 2.18. The van der Waals surface area contributed by atoms with E-state index in [1.807, 2.05) is 11.8 Å². The number of carbonyl (C=O) groups excluding carboxylic acids is 1. The molecule has 0 radical (unpaired) electrons. The first-order valence-corrected chi connectivity index (χ1v) is 6.45. The van der Waals surface area contributed by atoms with E-state index < -0.39 is 6.10 Å². The van der Waals surface area contributed by atoms with Gasteiger partial charge in [-0.05, 0) is 18.6 Å². The van der Waals surface area contributed by atoms with Crippen molar-refractivity contribution in [3.05, 3.63) is 0 Å². The monoisotopic (exact) mass is 232 g/mol. The summed E-state index contributed by atoms with van der Waals surface area (Å²) in [6, 6.07) is 0. The Morgan fingerprint density at radius 1 is 1.67 bits per heavy atom. The fraction of sp³-hybridized carbons (Fsp3) is 0.900. The molecular weight excluding hydrogens is 212 g/mol. The van der Waals surface area contributed by atoms with Gasteiger partial charge in [-0.15, -0.1) is 0 Å². The quantitative estimate of drug-likeness (QED) is 0.718. The number of ether oxygens (including phenoxy) is 1. The number of nitrogens with two attached hydrogens (primary N) is 1. The van der Waals surface area contributed by atoms with Crippen molar-refractivity contribution in [2.75, 3.05) is 26.0 Å². The van der Waals surface area contributed by atoms with Gasteiger partial charge in [0.1, 0.15) is 6.10 Å². The minimum Gasteiger partial charge on any atom is -0.370 e. The molecule has 0 aromatic heterocycles. The summed E-state index contributed by atoms with van der Waals surface area (Å²) >= 11 is 1.95. The zero-order valence-electron chi connectivity index (χ0n) is 9.20. The maximum atomic E-state index is 11.5. The molecular formula is C10H20N2O2S. The van der Waals surface area contributed by atoms with E-state index in [2.05, 4.69) is 5.32 Å². The summed E-state index contributed by atoms with van der Waals surface area (Å²) in [5, 5.41) is 3.46. The van der Waals surface area contributed by atoms with Crippen LogP contribution in [0.3, 0.4) is 0 Å². The van der Waals surface area contributed by atoms with Crippen molar-refractivity contribution in [1.82, 2.24) is 5.32 Å². The highest BCUT2D eigenvalue weighted by atomic mass is 32.2. The van der Waals surface area contributed by atoms with E-state index in [0.717, 1.165) is 6.54 Å². The summed E-state index contributed by atoms with van der Waals surface area (Å²) in [6.07, 6.45) is 3.28. The second-order valence-corrected chi connectivity index (χ2v) is 5.10. The first kappa shape index (κ1) is 12.8. The van der Waals surface area contributed by atoms with E-state index in [1.165, 1.54) is 32.1 Å². The number of methoxy groups -OCH3 is 1. The lowest BCUT2D eigenvalue weighted by atomic mass is 10.2. The van der Waals surface area contributed by atoms with Gasteiger partial charge in [0.2, 0.25) is 5.91 Å². The highest BCUT2D eigenvalue weighted by molar-refractivity contribution is 7.99. The molecule has 0 aromatic rings. The Bertz CT molecular complexity index is 192. The van der Waals surface area contributed by atoms with Crippen molar-refractivity contribution in [2.45, 2.75) is 30.6 Å². The first-order valence-electron chi connectivity index (χ1n) is 5.40. The molecule has 1 aliphatic heterocycles. The number of carbonyl (C=O) groups is 1. The smallest absolute Gasteiger partial charge is 0.250 e. The molecule has 1 heterocycles. The van der Waals surface area contributed by atoms with Gasteiger partial charge in [0, 0.05) is 25.4 Å². The molecule has 15 heavy (non-hydrogen) atoms. The van der Waals surface area contributed by atoms with E-state index in [1.54, 1.807) is 0 Å². The van der Waals surface area contributed by atoms with Crippen molar-refractivity contribution in [3.63, 3.8) is 0 Å². The molecule has 88 valence electrons. The summed E-state index contributed by atoms with van der Waals surface area (Å²) in [5.74, 6) is 1.12. The molecule has 0 aliphatic carbocycles. The molecule has 1 saturated heterocycles. The fourth-order valence-corrected chi connectivity index (χ4v) is 2.85. The van der Waals surface area contributed by atoms with E-state index in [-0.39, 0.29) is 12.5 Å². The molecule has 0 bridgehead atoms. The molecule has 1 aliphatic rings. The minimum atomic E-state index is -0.501. The summed E-state index contributed by atoms with van der Waals surface area (Å²) in [5.41, 5.74) is 5.40. The molecule has 3 N–H and O–H groups in total. The van der Waals surface area contributed by atoms with E-state index in [9.17, 15) is 4.79 Å². The predicted molar refractivity (Wildman–Crippen MR) is 63.0 cm³/mol. The van der Waals surface area contributed by atoms with Crippen LogP contribution in [0.5, 0.6) is 0 Å². The van der Waals surface area contributed by atoms with Crippen LogP contribution in [0.15, 0.2) is 0 Å². The van der Waals surface area contributed by atoms with Crippen LogP contribution in [0, 0.1) is 0 Å². The molecule has 5 heteroatoms. The minimum absolute atomic E-state index is 0.0915. The summed E-state index contributed by atoms with van der Waals surface area (Å²) in [7, 11) is 1.51. The fourth-order valence-electron chi connectivity index (χ4n) is 1.61. The second-order valence-electron chi connectivity index (χ2n) is 3.69. The SMILES string of the molecule is COC(CN)C(=O)NCC1CCCCS1. The Morgan fingerprint density at radius 2 is 2.47 bits per heavy atom. The molecule has 0 saturated carbocycles. The molecule has 2 unspecified atom stereocenters. The lowest BCUT2D eigenvalue weighted by Crippen LogP contribution is -2.43. The molecule has 1 amide bonds. The predicted octanol–water partition coefficient (Wildman–Crippen LogP) is 0.362. The topological polar surface area (TPSA) is 64.3 Å². The van der Waals surface area contributed by atoms with Gasteiger partial charge in [-0.2, -0.15) is 11.8 Å². The molecule has 1 fully saturated rings. The standard InChI is InChI=1S/C10H20N2O2S/c1-14-9(6-11)10(13)12-7-8-4-2-3-5-15-8/h8-9H,2-7,11H2,1H3,(H,12,13). The highest BCUT2D eigenvalue weighted by Crippen LogP contribution is 2.24. The van der Waals surface area contributed by atoms with Crippen LogP contribution in [-0.4, -0.2) is 43.2 Å². The van der Waals surface area contributed by atoms with Gasteiger partial charge in [-0.3, -0.25) is 4.79 Å². The van der Waals surface area contributed by atoms with Crippen molar-refractivity contribution >= 4 is 17.7 Å². The van der Waals surface area contributed by atoms with Crippen LogP contribution in [0.4, 0.5) is 0 Å². The van der Waals surface area contributed by atoms with Crippen LogP contribution in [0.25, 0.3) is 0 Å². The Morgan fingerprint density at radius 3 is 3.00 bits per heavy atom.